The van der Waals surface area contributed by atoms with Crippen molar-refractivity contribution < 1.29 is 4.57 Å². The van der Waals surface area contributed by atoms with Gasteiger partial charge in [0.2, 0.25) is 5.52 Å². The number of para-hydroxylation sites is 1. The average Bonchev–Trinajstić information content (AvgIpc) is 3.54. The molecule has 1 aliphatic rings. The number of rotatable bonds is 4. The van der Waals surface area contributed by atoms with Gasteiger partial charge in [-0.15, -0.1) is 0 Å². The Kier molecular flexibility index (Phi) is 5.33. The summed E-state index contributed by atoms with van der Waals surface area (Å²) in [5.41, 5.74) is 8.69. The van der Waals surface area contributed by atoms with E-state index in [-0.39, 0.29) is 0 Å². The highest BCUT2D eigenvalue weighted by atomic mass is 32.2. The summed E-state index contributed by atoms with van der Waals surface area (Å²) < 4.78 is 2.33. The second kappa shape index (κ2) is 8.99. The van der Waals surface area contributed by atoms with Gasteiger partial charge in [-0.2, -0.15) is 4.57 Å². The molecule has 0 amide bonds. The number of fused-ring (bicyclic) bond motifs is 3. The van der Waals surface area contributed by atoms with Gasteiger partial charge in [0.25, 0.3) is 0 Å². The summed E-state index contributed by atoms with van der Waals surface area (Å²) in [6.45, 7) is 0.857. The van der Waals surface area contributed by atoms with Crippen molar-refractivity contribution in [3.63, 3.8) is 0 Å². The molecule has 0 saturated carbocycles. The van der Waals surface area contributed by atoms with Crippen LogP contribution in [-0.4, -0.2) is 12.0 Å². The van der Waals surface area contributed by atoms with E-state index in [0.717, 1.165) is 6.54 Å². The minimum absolute atomic E-state index is 0.857. The summed E-state index contributed by atoms with van der Waals surface area (Å²) in [7, 11) is 2.16. The van der Waals surface area contributed by atoms with Gasteiger partial charge in [-0.25, -0.2) is 0 Å². The van der Waals surface area contributed by atoms with Crippen LogP contribution in [-0.2, 0) is 6.54 Å². The molecule has 37 heavy (non-hydrogen) atoms. The highest BCUT2D eigenvalue weighted by Crippen LogP contribution is 2.47. The van der Waals surface area contributed by atoms with Crippen LogP contribution in [0.15, 0.2) is 125 Å². The van der Waals surface area contributed by atoms with Crippen molar-refractivity contribution in [1.82, 2.24) is 4.98 Å². The second-order valence-corrected chi connectivity index (χ2v) is 10.6. The number of benzene rings is 4. The number of nitrogens with one attached hydrogen (secondary N) is 1. The Morgan fingerprint density at radius 3 is 2.57 bits per heavy atom. The summed E-state index contributed by atoms with van der Waals surface area (Å²) in [6, 6.07) is 37.1. The van der Waals surface area contributed by atoms with Crippen LogP contribution in [0.5, 0.6) is 0 Å². The molecule has 0 unspecified atom stereocenters. The summed E-state index contributed by atoms with van der Waals surface area (Å²) in [4.78, 5) is 6.88. The van der Waals surface area contributed by atoms with E-state index in [1.165, 1.54) is 59.7 Å². The minimum Gasteiger partial charge on any atom is -0.361 e. The van der Waals surface area contributed by atoms with Crippen LogP contribution in [0.3, 0.4) is 0 Å². The van der Waals surface area contributed by atoms with Crippen molar-refractivity contribution in [2.75, 3.05) is 11.9 Å². The number of aromatic nitrogens is 2. The molecule has 0 saturated heterocycles. The van der Waals surface area contributed by atoms with E-state index < -0.39 is 0 Å². The predicted molar refractivity (Wildman–Crippen MR) is 156 cm³/mol. The summed E-state index contributed by atoms with van der Waals surface area (Å²) in [5.74, 6) is 0. The average molecular weight is 497 g/mol. The summed E-state index contributed by atoms with van der Waals surface area (Å²) in [6.07, 6.45) is 6.53. The number of thioether (sulfide) groups is 1. The molecule has 2 aromatic heterocycles. The molecule has 3 heterocycles. The Bertz CT molecular complexity index is 1800. The van der Waals surface area contributed by atoms with E-state index in [2.05, 4.69) is 137 Å². The van der Waals surface area contributed by atoms with Gasteiger partial charge in [0, 0.05) is 41.4 Å². The van der Waals surface area contributed by atoms with Gasteiger partial charge in [-0.3, -0.25) is 0 Å². The molecule has 1 aliphatic heterocycles. The molecular weight excluding hydrogens is 470 g/mol. The Hall–Kier alpha value is -4.28. The Morgan fingerprint density at radius 2 is 1.65 bits per heavy atom. The van der Waals surface area contributed by atoms with E-state index in [1.807, 2.05) is 18.0 Å². The Balaban J connectivity index is 1.23. The highest BCUT2D eigenvalue weighted by Gasteiger charge is 2.23. The number of anilines is 1. The topological polar surface area (TPSA) is 22.9 Å². The zero-order valence-electron chi connectivity index (χ0n) is 20.6. The van der Waals surface area contributed by atoms with E-state index in [4.69, 9.17) is 0 Å². The maximum atomic E-state index is 3.28. The standard InChI is InChI=1S/C33H26N3S/c1-35-31-14-12-25(24-11-13-29-27(19-24)15-17-34-29)20-32(31)37-33(35)21-26-16-18-36(22-23-7-3-2-4-8-23)30-10-6-5-9-28(26)30/h2-21,34H,22H2,1H3/q+1. The lowest BCUT2D eigenvalue weighted by Gasteiger charge is -2.14. The fraction of sp³-hybridized carbons (Fsp3) is 0.0606. The SMILES string of the molecule is CN1C(=Cc2cc[n+](Cc3ccccc3)c3ccccc23)Sc2cc(-c3ccc4[nH]ccc4c3)ccc21. The second-order valence-electron chi connectivity index (χ2n) is 9.51. The van der Waals surface area contributed by atoms with Crippen LogP contribution in [0, 0.1) is 0 Å². The molecule has 0 fully saturated rings. The maximum Gasteiger partial charge on any atom is 0.213 e. The van der Waals surface area contributed by atoms with Gasteiger partial charge >= 0.3 is 0 Å². The van der Waals surface area contributed by atoms with Crippen molar-refractivity contribution in [3.05, 3.63) is 132 Å². The van der Waals surface area contributed by atoms with E-state index >= 15 is 0 Å². The predicted octanol–water partition coefficient (Wildman–Crippen LogP) is 7.86. The van der Waals surface area contributed by atoms with Crippen LogP contribution in [0.2, 0.25) is 0 Å². The first-order chi connectivity index (χ1) is 18.2. The van der Waals surface area contributed by atoms with Crippen LogP contribution in [0.25, 0.3) is 39.0 Å². The molecule has 3 nitrogen and oxygen atoms in total. The molecule has 6 aromatic rings. The zero-order valence-corrected chi connectivity index (χ0v) is 21.4. The lowest BCUT2D eigenvalue weighted by Crippen LogP contribution is -2.34. The lowest BCUT2D eigenvalue weighted by atomic mass is 10.0. The van der Waals surface area contributed by atoms with Crippen molar-refractivity contribution in [3.8, 4) is 11.1 Å². The molecular formula is C33H26N3S+. The van der Waals surface area contributed by atoms with Gasteiger partial charge < -0.3 is 9.88 Å². The van der Waals surface area contributed by atoms with Crippen molar-refractivity contribution >= 4 is 45.3 Å². The molecule has 7 rings (SSSR count). The third-order valence-electron chi connectivity index (χ3n) is 7.19. The lowest BCUT2D eigenvalue weighted by molar-refractivity contribution is -0.662. The molecule has 178 valence electrons. The Morgan fingerprint density at radius 1 is 0.838 bits per heavy atom. The fourth-order valence-corrected chi connectivity index (χ4v) is 6.34. The molecule has 1 N–H and O–H groups in total. The largest absolute Gasteiger partial charge is 0.361 e. The van der Waals surface area contributed by atoms with Gasteiger partial charge in [0.05, 0.1) is 16.1 Å². The van der Waals surface area contributed by atoms with E-state index in [0.29, 0.717) is 0 Å². The summed E-state index contributed by atoms with van der Waals surface area (Å²) in [5, 5.41) is 3.74. The third-order valence-corrected chi connectivity index (χ3v) is 8.33. The van der Waals surface area contributed by atoms with E-state index in [9.17, 15) is 0 Å². The minimum atomic E-state index is 0.857. The van der Waals surface area contributed by atoms with Gasteiger partial charge in [-0.05, 0) is 64.6 Å². The third kappa shape index (κ3) is 4.00. The monoisotopic (exact) mass is 496 g/mol. The van der Waals surface area contributed by atoms with Crippen LogP contribution < -0.4 is 9.47 Å². The first kappa shape index (κ1) is 22.0. The normalized spacial score (nSPS) is 14.1. The Labute approximate surface area is 220 Å². The maximum absolute atomic E-state index is 3.28. The van der Waals surface area contributed by atoms with Gasteiger partial charge in [-0.1, -0.05) is 66.4 Å². The first-order valence-corrected chi connectivity index (χ1v) is 13.3. The molecule has 0 bridgehead atoms. The number of hydrogen-bond acceptors (Lipinski definition) is 2. The highest BCUT2D eigenvalue weighted by molar-refractivity contribution is 8.03. The molecule has 0 spiro atoms. The van der Waals surface area contributed by atoms with Crippen molar-refractivity contribution in [1.29, 1.82) is 0 Å². The van der Waals surface area contributed by atoms with Gasteiger partial charge in [0.1, 0.15) is 0 Å². The quantitative estimate of drug-likeness (QED) is 0.251. The number of hydrogen-bond donors (Lipinski definition) is 1. The summed E-state index contributed by atoms with van der Waals surface area (Å²) >= 11 is 1.84. The molecule has 4 aromatic carbocycles. The van der Waals surface area contributed by atoms with Crippen molar-refractivity contribution in [2.24, 2.45) is 0 Å². The van der Waals surface area contributed by atoms with Crippen LogP contribution in [0.1, 0.15) is 11.1 Å². The number of aromatic amines is 1. The number of H-pyrrole nitrogens is 1. The zero-order chi connectivity index (χ0) is 24.8. The first-order valence-electron chi connectivity index (χ1n) is 12.5. The van der Waals surface area contributed by atoms with E-state index in [1.54, 1.807) is 0 Å². The van der Waals surface area contributed by atoms with Gasteiger partial charge in [0.15, 0.2) is 12.7 Å². The number of pyridine rings is 1. The van der Waals surface area contributed by atoms with Crippen LogP contribution in [0.4, 0.5) is 5.69 Å². The van der Waals surface area contributed by atoms with Crippen LogP contribution >= 0.6 is 11.8 Å². The smallest absolute Gasteiger partial charge is 0.213 e. The number of nitrogens with zero attached hydrogens (tertiary/aromatic N) is 2. The fourth-order valence-electron chi connectivity index (χ4n) is 5.20. The molecule has 0 atom stereocenters. The molecule has 0 radical (unpaired) electrons. The molecule has 4 heteroatoms. The molecule has 0 aliphatic carbocycles. The van der Waals surface area contributed by atoms with Crippen molar-refractivity contribution in [2.45, 2.75) is 11.4 Å².